The van der Waals surface area contributed by atoms with Crippen molar-refractivity contribution >= 4 is 17.8 Å². The van der Waals surface area contributed by atoms with Crippen LogP contribution in [0.25, 0.3) is 11.4 Å². The minimum Gasteiger partial charge on any atom is -0.469 e. The normalized spacial score (nSPS) is 11.4. The maximum atomic E-state index is 12.5. The second-order valence-electron chi connectivity index (χ2n) is 6.32. The Bertz CT molecular complexity index is 787. The summed E-state index contributed by atoms with van der Waals surface area (Å²) in [6.45, 7) is 5.26. The predicted molar refractivity (Wildman–Crippen MR) is 86.4 cm³/mol. The van der Waals surface area contributed by atoms with Crippen molar-refractivity contribution in [2.45, 2.75) is 39.2 Å². The van der Waals surface area contributed by atoms with Crippen LogP contribution in [0.3, 0.4) is 0 Å². The van der Waals surface area contributed by atoms with Crippen LogP contribution in [0, 0.1) is 0 Å². The summed E-state index contributed by atoms with van der Waals surface area (Å²) in [5, 5.41) is 7.86. The molecule has 0 bridgehead atoms. The van der Waals surface area contributed by atoms with Gasteiger partial charge in [-0.05, 0) is 20.8 Å². The fourth-order valence-corrected chi connectivity index (χ4v) is 2.09. The number of aromatic nitrogens is 4. The van der Waals surface area contributed by atoms with Crippen LogP contribution in [0.1, 0.15) is 43.6 Å². The maximum Gasteiger partial charge on any atom is 0.357 e. The Balaban J connectivity index is 2.32. The predicted octanol–water partition coefficient (Wildman–Crippen LogP) is 1.11. The highest BCUT2D eigenvalue weighted by molar-refractivity contribution is 5.97. The third-order valence-corrected chi connectivity index (χ3v) is 3.13. The molecule has 0 saturated carbocycles. The number of methoxy groups -OCH3 is 1. The van der Waals surface area contributed by atoms with E-state index in [1.165, 1.54) is 11.8 Å². The highest BCUT2D eigenvalue weighted by Gasteiger charge is 2.29. The number of hydrogen-bond donors (Lipinski definition) is 1. The number of carbonyl (C=O) groups is 2. The number of carbonyl (C=O) groups excluding carboxylic acids is 2. The number of ether oxygens (including phenoxy) is 2. The average Bonchev–Trinajstić information content (AvgIpc) is 3.06. The average molecular weight is 351 g/mol. The van der Waals surface area contributed by atoms with E-state index in [9.17, 15) is 9.59 Å². The van der Waals surface area contributed by atoms with E-state index in [4.69, 9.17) is 15.0 Å². The molecule has 2 rings (SSSR count). The summed E-state index contributed by atoms with van der Waals surface area (Å²) < 4.78 is 16.3. The van der Waals surface area contributed by atoms with E-state index in [-0.39, 0.29) is 41.6 Å². The van der Waals surface area contributed by atoms with Crippen molar-refractivity contribution in [2.24, 2.45) is 7.05 Å². The van der Waals surface area contributed by atoms with Crippen LogP contribution >= 0.6 is 0 Å². The van der Waals surface area contributed by atoms with E-state index < -0.39 is 17.5 Å². The lowest BCUT2D eigenvalue weighted by Gasteiger charge is -2.19. The monoisotopic (exact) mass is 351 g/mol. The zero-order valence-corrected chi connectivity index (χ0v) is 14.8. The van der Waals surface area contributed by atoms with Crippen molar-refractivity contribution in [3.8, 4) is 11.4 Å². The first kappa shape index (κ1) is 18.4. The van der Waals surface area contributed by atoms with Gasteiger partial charge in [-0.3, -0.25) is 9.48 Å². The molecule has 0 amide bonds. The van der Waals surface area contributed by atoms with E-state index in [2.05, 4.69) is 20.0 Å². The zero-order chi connectivity index (χ0) is 18.8. The van der Waals surface area contributed by atoms with Gasteiger partial charge >= 0.3 is 11.9 Å². The van der Waals surface area contributed by atoms with Gasteiger partial charge in [-0.15, -0.1) is 0 Å². The Morgan fingerprint density at radius 1 is 1.32 bits per heavy atom. The molecule has 0 aliphatic heterocycles. The fraction of sp³-hybridized carbons (Fsp3) is 0.533. The largest absolute Gasteiger partial charge is 0.469 e. The van der Waals surface area contributed by atoms with Crippen LogP contribution in [0.2, 0.25) is 0 Å². The Labute approximate surface area is 144 Å². The van der Waals surface area contributed by atoms with Crippen LogP contribution in [0.5, 0.6) is 0 Å². The summed E-state index contributed by atoms with van der Waals surface area (Å²) in [7, 11) is 2.86. The Kier molecular flexibility index (Phi) is 5.10. The molecule has 2 aromatic heterocycles. The van der Waals surface area contributed by atoms with Gasteiger partial charge in [-0.2, -0.15) is 10.1 Å². The van der Waals surface area contributed by atoms with Crippen molar-refractivity contribution < 1.29 is 23.6 Å². The van der Waals surface area contributed by atoms with Crippen molar-refractivity contribution in [3.63, 3.8) is 0 Å². The Morgan fingerprint density at radius 3 is 2.60 bits per heavy atom. The molecule has 0 saturated heterocycles. The number of esters is 2. The standard InChI is InChI=1S/C15H21N5O5/c1-15(2,3)24-14(22)11-10(12(16)18-20(11)4)13-17-8(25-19-13)6-7-9(21)23-5/h6-7H2,1-5H3,(H2,16,18). The second-order valence-corrected chi connectivity index (χ2v) is 6.32. The van der Waals surface area contributed by atoms with Gasteiger partial charge in [0.05, 0.1) is 19.1 Å². The number of anilines is 1. The summed E-state index contributed by atoms with van der Waals surface area (Å²) in [6, 6.07) is 0. The Morgan fingerprint density at radius 2 is 2.00 bits per heavy atom. The summed E-state index contributed by atoms with van der Waals surface area (Å²) in [5.41, 5.74) is 5.55. The molecule has 0 radical (unpaired) electrons. The molecular formula is C15H21N5O5. The molecule has 0 fully saturated rings. The van der Waals surface area contributed by atoms with Crippen LogP contribution in [0.15, 0.2) is 4.52 Å². The third-order valence-electron chi connectivity index (χ3n) is 3.13. The molecular weight excluding hydrogens is 330 g/mol. The molecule has 0 aliphatic rings. The number of aryl methyl sites for hydroxylation is 2. The Hall–Kier alpha value is -2.91. The molecule has 10 nitrogen and oxygen atoms in total. The molecule has 10 heteroatoms. The molecule has 136 valence electrons. The number of rotatable bonds is 5. The first-order chi connectivity index (χ1) is 11.6. The molecule has 0 aliphatic carbocycles. The van der Waals surface area contributed by atoms with Gasteiger partial charge in [-0.25, -0.2) is 4.79 Å². The van der Waals surface area contributed by atoms with Gasteiger partial charge in [0.25, 0.3) is 0 Å². The first-order valence-corrected chi connectivity index (χ1v) is 7.58. The van der Waals surface area contributed by atoms with Crippen molar-refractivity contribution in [1.29, 1.82) is 0 Å². The summed E-state index contributed by atoms with van der Waals surface area (Å²) >= 11 is 0. The lowest BCUT2D eigenvalue weighted by Crippen LogP contribution is -2.25. The molecule has 2 heterocycles. The number of nitrogens with zero attached hydrogens (tertiary/aromatic N) is 4. The van der Waals surface area contributed by atoms with Gasteiger partial charge in [0.1, 0.15) is 5.60 Å². The topological polar surface area (TPSA) is 135 Å². The van der Waals surface area contributed by atoms with Crippen LogP contribution in [-0.4, -0.2) is 44.6 Å². The SMILES string of the molecule is COC(=O)CCc1nc(-c2c(N)nn(C)c2C(=O)OC(C)(C)C)no1. The number of nitrogen functional groups attached to an aromatic ring is 1. The van der Waals surface area contributed by atoms with E-state index in [1.54, 1.807) is 27.8 Å². The molecule has 0 atom stereocenters. The molecule has 2 N–H and O–H groups in total. The van der Waals surface area contributed by atoms with Crippen LogP contribution in [0.4, 0.5) is 5.82 Å². The number of nitrogens with two attached hydrogens (primary N) is 1. The van der Waals surface area contributed by atoms with Gasteiger partial charge in [-0.1, -0.05) is 5.16 Å². The van der Waals surface area contributed by atoms with Crippen LogP contribution < -0.4 is 5.73 Å². The molecule has 2 aromatic rings. The van der Waals surface area contributed by atoms with E-state index >= 15 is 0 Å². The highest BCUT2D eigenvalue weighted by atomic mass is 16.6. The smallest absolute Gasteiger partial charge is 0.357 e. The minimum atomic E-state index is -0.684. The van der Waals surface area contributed by atoms with Gasteiger partial charge in [0.15, 0.2) is 11.5 Å². The molecule has 25 heavy (non-hydrogen) atoms. The first-order valence-electron chi connectivity index (χ1n) is 7.58. The van der Waals surface area contributed by atoms with E-state index in [1.807, 2.05) is 0 Å². The quantitative estimate of drug-likeness (QED) is 0.785. The summed E-state index contributed by atoms with van der Waals surface area (Å²) in [5.74, 6) is -0.598. The van der Waals surface area contributed by atoms with Gasteiger partial charge < -0.3 is 19.7 Å². The summed E-state index contributed by atoms with van der Waals surface area (Å²) in [6.07, 6.45) is 0.307. The van der Waals surface area contributed by atoms with Gasteiger partial charge in [0.2, 0.25) is 11.7 Å². The maximum absolute atomic E-state index is 12.5. The van der Waals surface area contributed by atoms with Crippen molar-refractivity contribution in [2.75, 3.05) is 12.8 Å². The lowest BCUT2D eigenvalue weighted by molar-refractivity contribution is -0.140. The highest BCUT2D eigenvalue weighted by Crippen LogP contribution is 2.28. The van der Waals surface area contributed by atoms with Crippen LogP contribution in [-0.2, 0) is 27.7 Å². The zero-order valence-electron chi connectivity index (χ0n) is 14.8. The third kappa shape index (κ3) is 4.34. The minimum absolute atomic E-state index is 0.0728. The van der Waals surface area contributed by atoms with Crippen molar-refractivity contribution in [1.82, 2.24) is 19.9 Å². The number of hydrogen-bond acceptors (Lipinski definition) is 9. The van der Waals surface area contributed by atoms with Gasteiger partial charge in [0, 0.05) is 13.5 Å². The fourth-order valence-electron chi connectivity index (χ4n) is 2.09. The summed E-state index contributed by atoms with van der Waals surface area (Å²) in [4.78, 5) is 27.8. The molecule has 0 spiro atoms. The van der Waals surface area contributed by atoms with Crippen molar-refractivity contribution in [3.05, 3.63) is 11.6 Å². The van der Waals surface area contributed by atoms with E-state index in [0.717, 1.165) is 0 Å². The van der Waals surface area contributed by atoms with E-state index in [0.29, 0.717) is 0 Å². The second kappa shape index (κ2) is 6.91. The molecule has 0 aromatic carbocycles. The lowest BCUT2D eigenvalue weighted by atomic mass is 10.1. The molecule has 0 unspecified atom stereocenters.